The molecule has 7 nitrogen and oxygen atoms in total. The maximum absolute atomic E-state index is 13.3. The Hall–Kier alpha value is -2.98. The first-order chi connectivity index (χ1) is 14.8. The predicted molar refractivity (Wildman–Crippen MR) is 106 cm³/mol. The maximum Gasteiger partial charge on any atom is 0.417 e. The van der Waals surface area contributed by atoms with E-state index >= 15 is 0 Å². The molecule has 0 aliphatic carbocycles. The van der Waals surface area contributed by atoms with Gasteiger partial charge in [-0.25, -0.2) is 9.58 Å². The van der Waals surface area contributed by atoms with Crippen LogP contribution in [0.3, 0.4) is 0 Å². The van der Waals surface area contributed by atoms with Gasteiger partial charge in [-0.3, -0.25) is 4.98 Å². The normalized spacial score (nSPS) is 16.9. The molecule has 3 heterocycles. The highest BCUT2D eigenvalue weighted by molar-refractivity contribution is 5.63. The van der Waals surface area contributed by atoms with Crippen LogP contribution >= 0.6 is 0 Å². The van der Waals surface area contributed by atoms with Crippen molar-refractivity contribution < 1.29 is 23.0 Å². The number of aliphatic hydroxyl groups excluding tert-OH is 1. The molecule has 1 aliphatic rings. The number of aryl methyl sites for hydroxylation is 1. The van der Waals surface area contributed by atoms with E-state index in [1.807, 2.05) is 6.92 Å². The number of aliphatic hydroxyl groups is 1. The van der Waals surface area contributed by atoms with E-state index < -0.39 is 18.2 Å². The van der Waals surface area contributed by atoms with Crippen molar-refractivity contribution in [3.05, 3.63) is 60.0 Å². The summed E-state index contributed by atoms with van der Waals surface area (Å²) >= 11 is 0. The summed E-state index contributed by atoms with van der Waals surface area (Å²) in [6, 6.07) is 8.86. The van der Waals surface area contributed by atoms with Crippen molar-refractivity contribution >= 4 is 0 Å². The lowest BCUT2D eigenvalue weighted by atomic mass is 10.0. The van der Waals surface area contributed by atoms with Crippen LogP contribution in [0.4, 0.5) is 13.2 Å². The highest BCUT2D eigenvalue weighted by Crippen LogP contribution is 2.36. The number of hydrogen-bond acceptors (Lipinski definition) is 6. The summed E-state index contributed by atoms with van der Waals surface area (Å²) in [7, 11) is 0. The summed E-state index contributed by atoms with van der Waals surface area (Å²) < 4.78 is 47.0. The first-order valence-electron chi connectivity index (χ1n) is 9.91. The quantitative estimate of drug-likeness (QED) is 0.619. The number of rotatable bonds is 5. The van der Waals surface area contributed by atoms with E-state index in [1.165, 1.54) is 12.1 Å². The van der Waals surface area contributed by atoms with Crippen LogP contribution in [0.1, 0.15) is 30.1 Å². The van der Waals surface area contributed by atoms with E-state index in [9.17, 15) is 18.3 Å². The fourth-order valence-corrected chi connectivity index (χ4v) is 3.62. The second-order valence-corrected chi connectivity index (χ2v) is 7.47. The third kappa shape index (κ3) is 4.86. The molecule has 1 N–H and O–H groups in total. The van der Waals surface area contributed by atoms with Gasteiger partial charge >= 0.3 is 6.18 Å². The van der Waals surface area contributed by atoms with Gasteiger partial charge in [-0.15, -0.1) is 5.10 Å². The van der Waals surface area contributed by atoms with Gasteiger partial charge < -0.3 is 9.84 Å². The number of ether oxygens (including phenoxy) is 1. The number of nitrogens with zero attached hydrogens (tertiary/aromatic N) is 5. The molecule has 0 amide bonds. The van der Waals surface area contributed by atoms with Gasteiger partial charge in [0, 0.05) is 24.3 Å². The Morgan fingerprint density at radius 3 is 2.55 bits per heavy atom. The topological polar surface area (TPSA) is 76.3 Å². The van der Waals surface area contributed by atoms with Crippen molar-refractivity contribution in [3.63, 3.8) is 0 Å². The van der Waals surface area contributed by atoms with Gasteiger partial charge in [-0.2, -0.15) is 13.2 Å². The van der Waals surface area contributed by atoms with Crippen molar-refractivity contribution in [1.29, 1.82) is 0 Å². The van der Waals surface area contributed by atoms with Crippen LogP contribution in [-0.4, -0.2) is 49.5 Å². The Morgan fingerprint density at radius 1 is 1.13 bits per heavy atom. The minimum absolute atomic E-state index is 0.00853. The summed E-state index contributed by atoms with van der Waals surface area (Å²) in [6.45, 7) is 2.95. The van der Waals surface area contributed by atoms with Crippen LogP contribution in [0.15, 0.2) is 48.8 Å². The fourth-order valence-electron chi connectivity index (χ4n) is 3.62. The summed E-state index contributed by atoms with van der Waals surface area (Å²) in [4.78, 5) is 5.92. The van der Waals surface area contributed by atoms with E-state index in [0.717, 1.165) is 11.8 Å². The van der Waals surface area contributed by atoms with Crippen molar-refractivity contribution in [2.45, 2.75) is 38.4 Å². The molecule has 31 heavy (non-hydrogen) atoms. The summed E-state index contributed by atoms with van der Waals surface area (Å²) in [5.41, 5.74) is 0.315. The molecule has 1 unspecified atom stereocenters. The van der Waals surface area contributed by atoms with Crippen molar-refractivity contribution in [2.24, 2.45) is 0 Å². The molecule has 1 fully saturated rings. The molecule has 4 rings (SSSR count). The number of likely N-dealkylation sites (tertiary alicyclic amines) is 1. The smallest absolute Gasteiger partial charge is 0.417 e. The Labute approximate surface area is 177 Å². The molecule has 0 radical (unpaired) electrons. The molecule has 10 heteroatoms. The highest BCUT2D eigenvalue weighted by atomic mass is 19.4. The first-order valence-corrected chi connectivity index (χ1v) is 9.91. The second-order valence-electron chi connectivity index (χ2n) is 7.47. The molecule has 1 aliphatic heterocycles. The molecular weight excluding hydrogens is 411 g/mol. The zero-order chi connectivity index (χ0) is 22.0. The summed E-state index contributed by atoms with van der Waals surface area (Å²) in [5.74, 6) is 0.476. The average Bonchev–Trinajstić information content (AvgIpc) is 3.25. The number of pyridine rings is 1. The molecule has 1 aromatic carbocycles. The average molecular weight is 433 g/mol. The Balaban J connectivity index is 1.39. The predicted octanol–water partition coefficient (Wildman–Crippen LogP) is 3.66. The van der Waals surface area contributed by atoms with Gasteiger partial charge in [-0.1, -0.05) is 23.4 Å². The standard InChI is InChI=1S/C21H22F3N5O2/c1-14-6-7-16(12-25-14)31-20(30)28-10-8-15(9-11-28)29-13-19(26-27-29)17-4-2-3-5-18(17)21(22,23)24/h2-7,12-13,15,20,30H,8-11H2,1H3. The third-order valence-corrected chi connectivity index (χ3v) is 5.33. The summed E-state index contributed by atoms with van der Waals surface area (Å²) in [6.07, 6.45) is -1.16. The molecule has 0 spiro atoms. The van der Waals surface area contributed by atoms with Crippen LogP contribution in [0.25, 0.3) is 11.3 Å². The van der Waals surface area contributed by atoms with Crippen LogP contribution in [0.2, 0.25) is 0 Å². The lowest BCUT2D eigenvalue weighted by molar-refractivity contribution is -0.144. The largest absolute Gasteiger partial charge is 0.450 e. The maximum atomic E-state index is 13.3. The lowest BCUT2D eigenvalue weighted by Gasteiger charge is -2.34. The molecule has 2 aromatic heterocycles. The number of alkyl halides is 3. The highest BCUT2D eigenvalue weighted by Gasteiger charge is 2.34. The second kappa shape index (κ2) is 8.64. The minimum atomic E-state index is -4.46. The molecule has 3 aromatic rings. The third-order valence-electron chi connectivity index (χ3n) is 5.33. The molecule has 0 bridgehead atoms. The van der Waals surface area contributed by atoms with Crippen molar-refractivity contribution in [1.82, 2.24) is 24.9 Å². The van der Waals surface area contributed by atoms with Gasteiger partial charge in [0.15, 0.2) is 0 Å². The van der Waals surface area contributed by atoms with Crippen LogP contribution in [-0.2, 0) is 6.18 Å². The number of piperidine rings is 1. The zero-order valence-electron chi connectivity index (χ0n) is 16.8. The Kier molecular flexibility index (Phi) is 5.92. The monoisotopic (exact) mass is 433 g/mol. The SMILES string of the molecule is Cc1ccc(OC(O)N2CCC(n3cc(-c4ccccc4C(F)(F)F)nn3)CC2)cn1. The molecule has 1 saturated heterocycles. The Morgan fingerprint density at radius 2 is 1.87 bits per heavy atom. The number of aromatic nitrogens is 4. The number of hydrogen-bond donors (Lipinski definition) is 1. The van der Waals surface area contributed by atoms with Crippen LogP contribution < -0.4 is 4.74 Å². The molecule has 164 valence electrons. The van der Waals surface area contributed by atoms with E-state index in [2.05, 4.69) is 15.3 Å². The van der Waals surface area contributed by atoms with Gasteiger partial charge in [0.25, 0.3) is 6.41 Å². The van der Waals surface area contributed by atoms with E-state index in [1.54, 1.807) is 40.2 Å². The number of benzene rings is 1. The zero-order valence-corrected chi connectivity index (χ0v) is 16.8. The van der Waals surface area contributed by atoms with E-state index in [0.29, 0.717) is 31.7 Å². The van der Waals surface area contributed by atoms with Gasteiger partial charge in [-0.05, 0) is 38.0 Å². The van der Waals surface area contributed by atoms with Crippen LogP contribution in [0, 0.1) is 6.92 Å². The molecule has 0 saturated carbocycles. The number of halogens is 3. The van der Waals surface area contributed by atoms with E-state index in [-0.39, 0.29) is 17.3 Å². The summed E-state index contributed by atoms with van der Waals surface area (Å²) in [5, 5.41) is 18.4. The van der Waals surface area contributed by atoms with Gasteiger partial charge in [0.1, 0.15) is 11.4 Å². The lowest BCUT2D eigenvalue weighted by Crippen LogP contribution is -2.44. The van der Waals surface area contributed by atoms with Gasteiger partial charge in [0.2, 0.25) is 0 Å². The minimum Gasteiger partial charge on any atom is -0.450 e. The van der Waals surface area contributed by atoms with Crippen LogP contribution in [0.5, 0.6) is 5.75 Å². The van der Waals surface area contributed by atoms with Crippen molar-refractivity contribution in [3.8, 4) is 17.0 Å². The first kappa shape index (κ1) is 21.3. The van der Waals surface area contributed by atoms with E-state index in [4.69, 9.17) is 4.74 Å². The molecular formula is C21H22F3N5O2. The van der Waals surface area contributed by atoms with Crippen molar-refractivity contribution in [2.75, 3.05) is 13.1 Å². The Bertz CT molecular complexity index is 1010. The fraction of sp³-hybridized carbons (Fsp3) is 0.381. The van der Waals surface area contributed by atoms with Gasteiger partial charge in [0.05, 0.1) is 24.0 Å². The molecule has 1 atom stereocenters.